The van der Waals surface area contributed by atoms with Gasteiger partial charge >= 0.3 is 0 Å². The van der Waals surface area contributed by atoms with Crippen LogP contribution in [0.25, 0.3) is 0 Å². The summed E-state index contributed by atoms with van der Waals surface area (Å²) in [6.45, 7) is 4.04. The summed E-state index contributed by atoms with van der Waals surface area (Å²) >= 11 is 0. The van der Waals surface area contributed by atoms with E-state index in [1.54, 1.807) is 25.1 Å². The average Bonchev–Trinajstić information content (AvgIpc) is 2.66. The Kier molecular flexibility index (Phi) is 7.33. The van der Waals surface area contributed by atoms with Crippen molar-refractivity contribution in [3.05, 3.63) is 71.5 Å². The van der Waals surface area contributed by atoms with E-state index in [2.05, 4.69) is 5.32 Å². The molecular formula is C21H25FN2O2. The third kappa shape index (κ3) is 5.41. The first-order chi connectivity index (χ1) is 12.5. The van der Waals surface area contributed by atoms with E-state index in [4.69, 9.17) is 0 Å². The zero-order chi connectivity index (χ0) is 18.9. The lowest BCUT2D eigenvalue weighted by molar-refractivity contribution is -0.140. The molecule has 2 amide bonds. The predicted molar refractivity (Wildman–Crippen MR) is 99.9 cm³/mol. The molecule has 5 heteroatoms. The Morgan fingerprint density at radius 2 is 1.73 bits per heavy atom. The van der Waals surface area contributed by atoms with Gasteiger partial charge < -0.3 is 10.2 Å². The van der Waals surface area contributed by atoms with Gasteiger partial charge in [-0.3, -0.25) is 9.59 Å². The van der Waals surface area contributed by atoms with Crippen LogP contribution in [0.2, 0.25) is 0 Å². The molecule has 1 atom stereocenters. The molecule has 2 rings (SSSR count). The molecule has 0 aliphatic carbocycles. The highest BCUT2D eigenvalue weighted by Gasteiger charge is 2.26. The first-order valence-electron chi connectivity index (χ1n) is 8.87. The largest absolute Gasteiger partial charge is 0.355 e. The van der Waals surface area contributed by atoms with Crippen LogP contribution in [0.3, 0.4) is 0 Å². The van der Waals surface area contributed by atoms with Crippen molar-refractivity contribution in [2.24, 2.45) is 0 Å². The van der Waals surface area contributed by atoms with Crippen LogP contribution in [0, 0.1) is 5.82 Å². The number of aryl methyl sites for hydroxylation is 1. The zero-order valence-corrected chi connectivity index (χ0v) is 15.2. The minimum Gasteiger partial charge on any atom is -0.355 e. The number of rotatable bonds is 8. The molecule has 0 unspecified atom stereocenters. The van der Waals surface area contributed by atoms with E-state index >= 15 is 0 Å². The third-order valence-corrected chi connectivity index (χ3v) is 4.29. The molecule has 0 saturated heterocycles. The first-order valence-corrected chi connectivity index (χ1v) is 8.87. The van der Waals surface area contributed by atoms with Crippen molar-refractivity contribution in [2.75, 3.05) is 6.54 Å². The van der Waals surface area contributed by atoms with Gasteiger partial charge in [0, 0.05) is 25.1 Å². The number of hydrogen-bond acceptors (Lipinski definition) is 2. The molecule has 26 heavy (non-hydrogen) atoms. The lowest BCUT2D eigenvalue weighted by Crippen LogP contribution is -2.47. The molecular weight excluding hydrogens is 331 g/mol. The summed E-state index contributed by atoms with van der Waals surface area (Å²) in [4.78, 5) is 26.5. The normalized spacial score (nSPS) is 11.7. The molecule has 0 saturated carbocycles. The lowest BCUT2D eigenvalue weighted by atomic mass is 10.1. The molecule has 0 radical (unpaired) electrons. The zero-order valence-electron chi connectivity index (χ0n) is 15.2. The Morgan fingerprint density at radius 3 is 2.38 bits per heavy atom. The molecule has 0 aromatic heterocycles. The Labute approximate surface area is 154 Å². The van der Waals surface area contributed by atoms with Crippen LogP contribution in [0.4, 0.5) is 4.39 Å². The molecule has 0 spiro atoms. The van der Waals surface area contributed by atoms with Gasteiger partial charge in [-0.25, -0.2) is 4.39 Å². The number of nitrogens with zero attached hydrogens (tertiary/aromatic N) is 1. The molecule has 1 N–H and O–H groups in total. The summed E-state index contributed by atoms with van der Waals surface area (Å²) in [6, 6.07) is 15.3. The Hall–Kier alpha value is -2.69. The molecule has 4 nitrogen and oxygen atoms in total. The molecule has 138 valence electrons. The van der Waals surface area contributed by atoms with E-state index in [1.807, 2.05) is 37.3 Å². The van der Waals surface area contributed by atoms with Gasteiger partial charge in [-0.2, -0.15) is 0 Å². The lowest BCUT2D eigenvalue weighted by Gasteiger charge is -2.29. The van der Waals surface area contributed by atoms with Crippen molar-refractivity contribution < 1.29 is 14.0 Å². The highest BCUT2D eigenvalue weighted by atomic mass is 19.1. The Bertz CT molecular complexity index is 734. The molecule has 2 aromatic rings. The van der Waals surface area contributed by atoms with Gasteiger partial charge in [0.05, 0.1) is 0 Å². The van der Waals surface area contributed by atoms with Crippen LogP contribution in [0.15, 0.2) is 54.6 Å². The highest BCUT2D eigenvalue weighted by Crippen LogP contribution is 2.15. The van der Waals surface area contributed by atoms with E-state index in [-0.39, 0.29) is 30.6 Å². The quantitative estimate of drug-likeness (QED) is 0.789. The molecule has 0 bridgehead atoms. The number of nitrogens with one attached hydrogen (secondary N) is 1. The number of likely N-dealkylation sites (N-methyl/N-ethyl adjacent to an activating group) is 1. The van der Waals surface area contributed by atoms with E-state index in [0.717, 1.165) is 5.56 Å². The summed E-state index contributed by atoms with van der Waals surface area (Å²) in [5.74, 6) is -0.788. The van der Waals surface area contributed by atoms with Gasteiger partial charge in [-0.1, -0.05) is 48.5 Å². The van der Waals surface area contributed by atoms with Gasteiger partial charge in [0.2, 0.25) is 11.8 Å². The van der Waals surface area contributed by atoms with Crippen molar-refractivity contribution in [1.29, 1.82) is 0 Å². The number of hydrogen-bond donors (Lipinski definition) is 1. The van der Waals surface area contributed by atoms with Crippen molar-refractivity contribution in [2.45, 2.75) is 39.3 Å². The van der Waals surface area contributed by atoms with Gasteiger partial charge in [0.25, 0.3) is 0 Å². The first kappa shape index (κ1) is 19.6. The molecule has 0 aliphatic rings. The van der Waals surface area contributed by atoms with E-state index in [9.17, 15) is 14.0 Å². The fraction of sp³-hybridized carbons (Fsp3) is 0.333. The molecule has 0 heterocycles. The summed E-state index contributed by atoms with van der Waals surface area (Å²) in [5, 5.41) is 2.73. The monoisotopic (exact) mass is 356 g/mol. The van der Waals surface area contributed by atoms with E-state index < -0.39 is 6.04 Å². The second-order valence-electron chi connectivity index (χ2n) is 6.17. The maximum Gasteiger partial charge on any atom is 0.242 e. The predicted octanol–water partition coefficient (Wildman–Crippen LogP) is 3.31. The second-order valence-corrected chi connectivity index (χ2v) is 6.17. The van der Waals surface area contributed by atoms with Gasteiger partial charge in [-0.15, -0.1) is 0 Å². The Morgan fingerprint density at radius 1 is 1.08 bits per heavy atom. The van der Waals surface area contributed by atoms with E-state index in [1.165, 1.54) is 11.0 Å². The van der Waals surface area contributed by atoms with Gasteiger partial charge in [-0.05, 0) is 31.9 Å². The van der Waals surface area contributed by atoms with Crippen molar-refractivity contribution in [3.63, 3.8) is 0 Å². The summed E-state index contributed by atoms with van der Waals surface area (Å²) < 4.78 is 14.0. The summed E-state index contributed by atoms with van der Waals surface area (Å²) in [5.41, 5.74) is 1.45. The third-order valence-electron chi connectivity index (χ3n) is 4.29. The number of amides is 2. The highest BCUT2D eigenvalue weighted by molar-refractivity contribution is 5.87. The average molecular weight is 356 g/mol. The second kappa shape index (κ2) is 9.70. The Balaban J connectivity index is 2.14. The number of carbonyl (C=O) groups excluding carboxylic acids is 2. The number of carbonyl (C=O) groups is 2. The standard InChI is InChI=1S/C21H25FN2O2/c1-3-23-21(26)16(2)24(15-18-11-7-8-12-19(18)22)20(25)14-13-17-9-5-4-6-10-17/h4-12,16H,3,13-15H2,1-2H3,(H,23,26)/t16-/m0/s1. The van der Waals surface area contributed by atoms with E-state index in [0.29, 0.717) is 18.5 Å². The maximum absolute atomic E-state index is 14.0. The van der Waals surface area contributed by atoms with Crippen molar-refractivity contribution in [3.8, 4) is 0 Å². The van der Waals surface area contributed by atoms with Crippen LogP contribution >= 0.6 is 0 Å². The fourth-order valence-electron chi connectivity index (χ4n) is 2.75. The van der Waals surface area contributed by atoms with Gasteiger partial charge in [0.1, 0.15) is 11.9 Å². The molecule has 2 aromatic carbocycles. The van der Waals surface area contributed by atoms with Crippen LogP contribution in [-0.2, 0) is 22.6 Å². The summed E-state index contributed by atoms with van der Waals surface area (Å²) in [7, 11) is 0. The van der Waals surface area contributed by atoms with Crippen LogP contribution in [0.1, 0.15) is 31.4 Å². The van der Waals surface area contributed by atoms with Crippen LogP contribution < -0.4 is 5.32 Å². The number of halogens is 1. The van der Waals surface area contributed by atoms with Crippen molar-refractivity contribution in [1.82, 2.24) is 10.2 Å². The smallest absolute Gasteiger partial charge is 0.242 e. The maximum atomic E-state index is 14.0. The summed E-state index contributed by atoms with van der Waals surface area (Å²) in [6.07, 6.45) is 0.845. The molecule has 0 aliphatic heterocycles. The minimum atomic E-state index is -0.669. The SMILES string of the molecule is CCNC(=O)[C@H](C)N(Cc1ccccc1F)C(=O)CCc1ccccc1. The minimum absolute atomic E-state index is 0.0681. The van der Waals surface area contributed by atoms with Crippen molar-refractivity contribution >= 4 is 11.8 Å². The number of benzene rings is 2. The van der Waals surface area contributed by atoms with Crippen LogP contribution in [-0.4, -0.2) is 29.3 Å². The fourth-order valence-corrected chi connectivity index (χ4v) is 2.75. The topological polar surface area (TPSA) is 49.4 Å². The molecule has 0 fully saturated rings. The van der Waals surface area contributed by atoms with Crippen LogP contribution in [0.5, 0.6) is 0 Å². The van der Waals surface area contributed by atoms with Gasteiger partial charge in [0.15, 0.2) is 0 Å².